The summed E-state index contributed by atoms with van der Waals surface area (Å²) in [4.78, 5) is 12.8. The summed E-state index contributed by atoms with van der Waals surface area (Å²) in [5.74, 6) is 0.650. The first-order valence-electron chi connectivity index (χ1n) is 7.04. The molecule has 0 aromatic carbocycles. The molecule has 2 aromatic rings. The van der Waals surface area contributed by atoms with Gasteiger partial charge in [0.2, 0.25) is 5.28 Å². The minimum atomic E-state index is 0.0423. The van der Waals surface area contributed by atoms with Gasteiger partial charge in [0.15, 0.2) is 11.5 Å². The maximum Gasteiger partial charge on any atom is 0.226 e. The van der Waals surface area contributed by atoms with Crippen LogP contribution < -0.4 is 5.32 Å². The Bertz CT molecular complexity index is 594. The van der Waals surface area contributed by atoms with Crippen LogP contribution in [0.4, 0.5) is 5.82 Å². The van der Waals surface area contributed by atoms with E-state index >= 15 is 0 Å². The van der Waals surface area contributed by atoms with Gasteiger partial charge in [-0.25, -0.2) is 4.98 Å². The van der Waals surface area contributed by atoms with Crippen LogP contribution in [0.15, 0.2) is 6.33 Å². The molecule has 20 heavy (non-hydrogen) atoms. The molecule has 2 N–H and O–H groups in total. The number of nitrogens with one attached hydrogen (secondary N) is 1. The third-order valence-electron chi connectivity index (χ3n) is 3.77. The van der Waals surface area contributed by atoms with Gasteiger partial charge in [-0.15, -0.1) is 0 Å². The number of hydrogen-bond donors (Lipinski definition) is 2. The Labute approximate surface area is 122 Å². The molecule has 0 bridgehead atoms. The number of fused-ring (bicyclic) bond motifs is 1. The smallest absolute Gasteiger partial charge is 0.226 e. The van der Waals surface area contributed by atoms with Crippen molar-refractivity contribution in [2.24, 2.45) is 0 Å². The van der Waals surface area contributed by atoms with Gasteiger partial charge in [0, 0.05) is 12.6 Å². The number of nitrogens with zero attached hydrogens (tertiary/aromatic N) is 4. The topological polar surface area (TPSA) is 75.9 Å². The van der Waals surface area contributed by atoms with E-state index in [1.807, 2.05) is 6.33 Å². The van der Waals surface area contributed by atoms with E-state index in [2.05, 4.69) is 24.8 Å². The highest BCUT2D eigenvalue weighted by atomic mass is 35.5. The van der Waals surface area contributed by atoms with E-state index in [0.717, 1.165) is 18.4 Å². The van der Waals surface area contributed by atoms with E-state index < -0.39 is 0 Å². The average Bonchev–Trinajstić information content (AvgIpc) is 2.89. The molecule has 108 valence electrons. The molecular weight excluding hydrogens is 278 g/mol. The Hall–Kier alpha value is -1.40. The minimum absolute atomic E-state index is 0.0423. The van der Waals surface area contributed by atoms with Gasteiger partial charge in [-0.1, -0.05) is 19.3 Å². The highest BCUT2D eigenvalue weighted by Crippen LogP contribution is 2.32. The van der Waals surface area contributed by atoms with Gasteiger partial charge in [-0.3, -0.25) is 0 Å². The molecule has 6 nitrogen and oxygen atoms in total. The molecule has 0 radical (unpaired) electrons. The van der Waals surface area contributed by atoms with Crippen LogP contribution >= 0.6 is 11.6 Å². The second-order valence-electron chi connectivity index (χ2n) is 5.11. The lowest BCUT2D eigenvalue weighted by molar-refractivity contribution is 0.311. The Kier molecular flexibility index (Phi) is 4.03. The number of anilines is 1. The van der Waals surface area contributed by atoms with Crippen molar-refractivity contribution in [2.45, 2.75) is 38.1 Å². The Morgan fingerprint density at radius 2 is 2.10 bits per heavy atom. The number of hydrogen-bond acceptors (Lipinski definition) is 5. The van der Waals surface area contributed by atoms with Crippen molar-refractivity contribution < 1.29 is 5.11 Å². The highest BCUT2D eigenvalue weighted by molar-refractivity contribution is 6.28. The summed E-state index contributed by atoms with van der Waals surface area (Å²) >= 11 is 5.92. The number of aromatic nitrogens is 4. The van der Waals surface area contributed by atoms with Gasteiger partial charge in [-0.05, 0) is 24.4 Å². The van der Waals surface area contributed by atoms with E-state index in [0.29, 0.717) is 24.1 Å². The van der Waals surface area contributed by atoms with Crippen molar-refractivity contribution in [1.29, 1.82) is 0 Å². The van der Waals surface area contributed by atoms with Crippen LogP contribution in [0.5, 0.6) is 0 Å². The largest absolute Gasteiger partial charge is 0.395 e. The van der Waals surface area contributed by atoms with Crippen LogP contribution in [0.2, 0.25) is 5.28 Å². The second-order valence-corrected chi connectivity index (χ2v) is 5.45. The SMILES string of the molecule is OCCNc1nc(Cl)nc2ncn(C3CCCCC3)c12. The molecule has 1 aliphatic rings. The van der Waals surface area contributed by atoms with Crippen LogP contribution in [-0.4, -0.2) is 37.8 Å². The normalized spacial score (nSPS) is 16.7. The standard InChI is InChI=1S/C13H18ClN5O/c14-13-17-11(15-6-7-20)10-12(18-13)16-8-19(10)9-4-2-1-3-5-9/h8-9,20H,1-7H2,(H,15,17,18). The lowest BCUT2D eigenvalue weighted by atomic mass is 9.95. The molecule has 0 amide bonds. The van der Waals surface area contributed by atoms with Crippen LogP contribution in [0.1, 0.15) is 38.1 Å². The molecular formula is C13H18ClN5O. The van der Waals surface area contributed by atoms with Crippen molar-refractivity contribution in [1.82, 2.24) is 19.5 Å². The summed E-state index contributed by atoms with van der Waals surface area (Å²) < 4.78 is 2.16. The molecule has 0 aliphatic heterocycles. The van der Waals surface area contributed by atoms with E-state index in [1.165, 1.54) is 19.3 Å². The maximum absolute atomic E-state index is 8.98. The van der Waals surface area contributed by atoms with Crippen LogP contribution in [0.25, 0.3) is 11.2 Å². The van der Waals surface area contributed by atoms with Gasteiger partial charge in [0.05, 0.1) is 12.9 Å². The Balaban J connectivity index is 2.03. The Morgan fingerprint density at radius 3 is 2.85 bits per heavy atom. The average molecular weight is 296 g/mol. The molecule has 7 heteroatoms. The molecule has 1 aliphatic carbocycles. The zero-order chi connectivity index (χ0) is 13.9. The van der Waals surface area contributed by atoms with Crippen LogP contribution in [-0.2, 0) is 0 Å². The first-order chi connectivity index (χ1) is 9.79. The molecule has 0 spiro atoms. The van der Waals surface area contributed by atoms with Crippen molar-refractivity contribution in [3.63, 3.8) is 0 Å². The fourth-order valence-electron chi connectivity index (χ4n) is 2.85. The van der Waals surface area contributed by atoms with Crippen LogP contribution in [0, 0.1) is 0 Å². The highest BCUT2D eigenvalue weighted by Gasteiger charge is 2.20. The Morgan fingerprint density at radius 1 is 1.30 bits per heavy atom. The predicted molar refractivity (Wildman–Crippen MR) is 78.0 cm³/mol. The van der Waals surface area contributed by atoms with E-state index in [1.54, 1.807) is 0 Å². The summed E-state index contributed by atoms with van der Waals surface area (Å²) in [6.45, 7) is 0.471. The fourth-order valence-corrected chi connectivity index (χ4v) is 3.02. The first-order valence-corrected chi connectivity index (χ1v) is 7.42. The van der Waals surface area contributed by atoms with Gasteiger partial charge in [0.25, 0.3) is 0 Å². The summed E-state index contributed by atoms with van der Waals surface area (Å²) in [7, 11) is 0. The number of rotatable bonds is 4. The van der Waals surface area contributed by atoms with E-state index in [9.17, 15) is 0 Å². The number of halogens is 1. The summed E-state index contributed by atoms with van der Waals surface area (Å²) in [6.07, 6.45) is 7.95. The molecule has 2 heterocycles. The van der Waals surface area contributed by atoms with E-state index in [4.69, 9.17) is 16.7 Å². The lowest BCUT2D eigenvalue weighted by Gasteiger charge is -2.24. The molecule has 0 atom stereocenters. The molecule has 1 saturated carbocycles. The zero-order valence-electron chi connectivity index (χ0n) is 11.2. The van der Waals surface area contributed by atoms with Gasteiger partial charge in [-0.2, -0.15) is 9.97 Å². The van der Waals surface area contributed by atoms with Crippen molar-refractivity contribution >= 4 is 28.6 Å². The molecule has 1 fully saturated rings. The molecule has 0 unspecified atom stereocenters. The predicted octanol–water partition coefficient (Wildman–Crippen LogP) is 2.39. The minimum Gasteiger partial charge on any atom is -0.395 e. The molecule has 3 rings (SSSR count). The monoisotopic (exact) mass is 295 g/mol. The molecule has 2 aromatic heterocycles. The van der Waals surface area contributed by atoms with Gasteiger partial charge in [0.1, 0.15) is 5.52 Å². The maximum atomic E-state index is 8.98. The third-order valence-corrected chi connectivity index (χ3v) is 3.94. The van der Waals surface area contributed by atoms with Gasteiger partial charge < -0.3 is 15.0 Å². The van der Waals surface area contributed by atoms with Gasteiger partial charge >= 0.3 is 0 Å². The quantitative estimate of drug-likeness (QED) is 0.847. The van der Waals surface area contributed by atoms with Crippen molar-refractivity contribution in [3.05, 3.63) is 11.6 Å². The van der Waals surface area contributed by atoms with E-state index in [-0.39, 0.29) is 11.9 Å². The fraction of sp³-hybridized carbons (Fsp3) is 0.615. The summed E-state index contributed by atoms with van der Waals surface area (Å²) in [5.41, 5.74) is 1.49. The summed E-state index contributed by atoms with van der Waals surface area (Å²) in [6, 6.07) is 0.452. The number of imidazole rings is 1. The van der Waals surface area contributed by atoms with Crippen molar-refractivity contribution in [2.75, 3.05) is 18.5 Å². The zero-order valence-corrected chi connectivity index (χ0v) is 12.0. The van der Waals surface area contributed by atoms with Crippen molar-refractivity contribution in [3.8, 4) is 0 Å². The third kappa shape index (κ3) is 2.58. The number of aliphatic hydroxyl groups is 1. The summed E-state index contributed by atoms with van der Waals surface area (Å²) in [5, 5.41) is 12.2. The van der Waals surface area contributed by atoms with Crippen LogP contribution in [0.3, 0.4) is 0 Å². The number of aliphatic hydroxyl groups excluding tert-OH is 1. The second kappa shape index (κ2) is 5.93. The lowest BCUT2D eigenvalue weighted by Crippen LogP contribution is -2.14. The molecule has 0 saturated heterocycles. The first kappa shape index (κ1) is 13.6.